The van der Waals surface area contributed by atoms with Gasteiger partial charge in [-0.3, -0.25) is 14.6 Å². The normalized spacial score (nSPS) is 33.1. The van der Waals surface area contributed by atoms with Crippen LogP contribution in [-0.2, 0) is 4.79 Å². The summed E-state index contributed by atoms with van der Waals surface area (Å²) in [6.45, 7) is 7.81. The highest BCUT2D eigenvalue weighted by molar-refractivity contribution is 5.81. The van der Waals surface area contributed by atoms with Crippen LogP contribution in [-0.4, -0.2) is 83.2 Å². The van der Waals surface area contributed by atoms with Crippen molar-refractivity contribution in [3.8, 4) is 0 Å². The topological polar surface area (TPSA) is 47.0 Å². The van der Waals surface area contributed by atoms with E-state index in [-0.39, 0.29) is 12.1 Å². The van der Waals surface area contributed by atoms with E-state index < -0.39 is 0 Å². The molecule has 1 amide bonds. The van der Waals surface area contributed by atoms with Crippen LogP contribution in [0.2, 0.25) is 0 Å². The van der Waals surface area contributed by atoms with Crippen molar-refractivity contribution in [2.24, 2.45) is 0 Å². The largest absolute Gasteiger partial charge is 0.391 e. The quantitative estimate of drug-likeness (QED) is 0.842. The molecule has 1 N–H and O–H groups in total. The lowest BCUT2D eigenvalue weighted by atomic mass is 9.91. The van der Waals surface area contributed by atoms with Crippen LogP contribution in [0, 0.1) is 0 Å². The minimum atomic E-state index is -0.149. The van der Waals surface area contributed by atoms with Crippen molar-refractivity contribution < 1.29 is 9.90 Å². The number of piperazine rings is 1. The van der Waals surface area contributed by atoms with Crippen molar-refractivity contribution in [1.29, 1.82) is 0 Å². The molecule has 5 heteroatoms. The number of hydrogen-bond acceptors (Lipinski definition) is 4. The average Bonchev–Trinajstić information content (AvgIpc) is 3.09. The summed E-state index contributed by atoms with van der Waals surface area (Å²) in [4.78, 5) is 19.3. The third-order valence-corrected chi connectivity index (χ3v) is 5.83. The van der Waals surface area contributed by atoms with Crippen molar-refractivity contribution >= 4 is 5.91 Å². The van der Waals surface area contributed by atoms with Crippen LogP contribution in [0.25, 0.3) is 0 Å². The van der Waals surface area contributed by atoms with Crippen LogP contribution in [0.1, 0.15) is 45.4 Å². The zero-order valence-electron chi connectivity index (χ0n) is 13.9. The van der Waals surface area contributed by atoms with Gasteiger partial charge in [0.25, 0.3) is 0 Å². The third-order valence-electron chi connectivity index (χ3n) is 5.83. The molecule has 2 aliphatic heterocycles. The van der Waals surface area contributed by atoms with Gasteiger partial charge in [-0.1, -0.05) is 12.8 Å². The van der Waals surface area contributed by atoms with Crippen LogP contribution in [0.3, 0.4) is 0 Å². The fourth-order valence-electron chi connectivity index (χ4n) is 4.33. The summed E-state index contributed by atoms with van der Waals surface area (Å²) >= 11 is 0. The van der Waals surface area contributed by atoms with Gasteiger partial charge in [0.1, 0.15) is 0 Å². The maximum Gasteiger partial charge on any atom is 0.239 e. The highest BCUT2D eigenvalue weighted by Crippen LogP contribution is 2.24. The van der Waals surface area contributed by atoms with E-state index >= 15 is 0 Å². The van der Waals surface area contributed by atoms with Crippen molar-refractivity contribution in [1.82, 2.24) is 14.7 Å². The summed E-state index contributed by atoms with van der Waals surface area (Å²) in [7, 11) is 0. The Bertz CT molecular complexity index is 376. The molecule has 3 aliphatic rings. The number of carbonyl (C=O) groups is 1. The second kappa shape index (κ2) is 7.28. The van der Waals surface area contributed by atoms with Gasteiger partial charge in [-0.05, 0) is 32.6 Å². The van der Waals surface area contributed by atoms with Gasteiger partial charge in [-0.25, -0.2) is 0 Å². The number of carbonyl (C=O) groups excluding carboxylic acids is 1. The van der Waals surface area contributed by atoms with Crippen molar-refractivity contribution in [2.75, 3.05) is 39.3 Å². The predicted molar refractivity (Wildman–Crippen MR) is 86.7 cm³/mol. The average molecular weight is 309 g/mol. The number of likely N-dealkylation sites (tertiary alicyclic amines) is 1. The molecular weight excluding hydrogens is 278 g/mol. The standard InChI is InChI=1S/C17H31N3O2/c1-14(17(22)20-8-4-5-9-20)18-10-12-19(13-11-18)15-6-2-3-7-16(15)21/h14-16,21H,2-13H2,1H3. The van der Waals surface area contributed by atoms with E-state index in [1.54, 1.807) is 0 Å². The maximum absolute atomic E-state index is 12.5. The number of hydrogen-bond donors (Lipinski definition) is 1. The minimum absolute atomic E-state index is 0.0107. The zero-order chi connectivity index (χ0) is 15.5. The summed E-state index contributed by atoms with van der Waals surface area (Å²) in [6, 6.07) is 0.358. The summed E-state index contributed by atoms with van der Waals surface area (Å²) in [5.74, 6) is 0.309. The van der Waals surface area contributed by atoms with Crippen LogP contribution >= 0.6 is 0 Å². The molecule has 0 aromatic heterocycles. The van der Waals surface area contributed by atoms with Gasteiger partial charge >= 0.3 is 0 Å². The van der Waals surface area contributed by atoms with Gasteiger partial charge in [-0.2, -0.15) is 0 Å². The molecule has 3 unspecified atom stereocenters. The third kappa shape index (κ3) is 3.47. The monoisotopic (exact) mass is 309 g/mol. The Kier molecular flexibility index (Phi) is 5.37. The number of nitrogens with zero attached hydrogens (tertiary/aromatic N) is 3. The van der Waals surface area contributed by atoms with E-state index in [2.05, 4.69) is 16.7 Å². The molecule has 0 aromatic carbocycles. The van der Waals surface area contributed by atoms with Crippen LogP contribution < -0.4 is 0 Å². The SMILES string of the molecule is CC(C(=O)N1CCCC1)N1CCN(C2CCCCC2O)CC1. The summed E-state index contributed by atoms with van der Waals surface area (Å²) < 4.78 is 0. The molecule has 126 valence electrons. The van der Waals surface area contributed by atoms with E-state index in [4.69, 9.17) is 0 Å². The lowest BCUT2D eigenvalue weighted by Gasteiger charge is -2.44. The Morgan fingerprint density at radius 2 is 1.59 bits per heavy atom. The molecule has 1 aliphatic carbocycles. The number of aliphatic hydroxyl groups excluding tert-OH is 1. The van der Waals surface area contributed by atoms with E-state index in [9.17, 15) is 9.90 Å². The van der Waals surface area contributed by atoms with Gasteiger partial charge in [0.15, 0.2) is 0 Å². The molecule has 22 heavy (non-hydrogen) atoms. The molecule has 1 saturated carbocycles. The smallest absolute Gasteiger partial charge is 0.239 e. The Hall–Kier alpha value is -0.650. The minimum Gasteiger partial charge on any atom is -0.391 e. The Balaban J connectivity index is 1.49. The van der Waals surface area contributed by atoms with Crippen LogP contribution in [0.4, 0.5) is 0 Å². The first-order chi connectivity index (χ1) is 10.7. The molecule has 3 atom stereocenters. The fraction of sp³-hybridized carbons (Fsp3) is 0.941. The highest BCUT2D eigenvalue weighted by Gasteiger charge is 2.34. The molecule has 0 bridgehead atoms. The van der Waals surface area contributed by atoms with E-state index in [1.165, 1.54) is 12.8 Å². The molecule has 2 heterocycles. The van der Waals surface area contributed by atoms with E-state index in [0.717, 1.165) is 65.0 Å². The lowest BCUT2D eigenvalue weighted by molar-refractivity contribution is -0.136. The first kappa shape index (κ1) is 16.2. The fourth-order valence-corrected chi connectivity index (χ4v) is 4.33. The van der Waals surface area contributed by atoms with Crippen molar-refractivity contribution in [3.63, 3.8) is 0 Å². The van der Waals surface area contributed by atoms with Gasteiger partial charge in [0.05, 0.1) is 12.1 Å². The molecule has 5 nitrogen and oxygen atoms in total. The lowest BCUT2D eigenvalue weighted by Crippen LogP contribution is -2.58. The van der Waals surface area contributed by atoms with Gasteiger partial charge < -0.3 is 10.0 Å². The molecule has 3 fully saturated rings. The number of aliphatic hydroxyl groups is 1. The molecular formula is C17H31N3O2. The predicted octanol–water partition coefficient (Wildman–Crippen LogP) is 0.918. The second-order valence-corrected chi connectivity index (χ2v) is 7.20. The number of rotatable bonds is 3. The summed E-state index contributed by atoms with van der Waals surface area (Å²) in [5, 5.41) is 10.2. The Labute approximate surface area is 134 Å². The summed E-state index contributed by atoms with van der Waals surface area (Å²) in [6.07, 6.45) is 6.66. The van der Waals surface area contributed by atoms with Crippen molar-refractivity contribution in [2.45, 2.75) is 63.6 Å². The summed E-state index contributed by atoms with van der Waals surface area (Å²) in [5.41, 5.74) is 0. The first-order valence-electron chi connectivity index (χ1n) is 9.12. The molecule has 0 aromatic rings. The van der Waals surface area contributed by atoms with E-state index in [0.29, 0.717) is 11.9 Å². The van der Waals surface area contributed by atoms with Gasteiger partial charge in [-0.15, -0.1) is 0 Å². The molecule has 0 spiro atoms. The van der Waals surface area contributed by atoms with E-state index in [1.807, 2.05) is 4.90 Å². The van der Waals surface area contributed by atoms with Crippen molar-refractivity contribution in [3.05, 3.63) is 0 Å². The molecule has 3 rings (SSSR count). The Morgan fingerprint density at radius 1 is 0.955 bits per heavy atom. The van der Waals surface area contributed by atoms with Crippen LogP contribution in [0.15, 0.2) is 0 Å². The highest BCUT2D eigenvalue weighted by atomic mass is 16.3. The molecule has 2 saturated heterocycles. The van der Waals surface area contributed by atoms with Crippen LogP contribution in [0.5, 0.6) is 0 Å². The van der Waals surface area contributed by atoms with Gasteiger partial charge in [0, 0.05) is 45.3 Å². The second-order valence-electron chi connectivity index (χ2n) is 7.20. The first-order valence-corrected chi connectivity index (χ1v) is 9.12. The molecule has 0 radical (unpaired) electrons. The zero-order valence-corrected chi connectivity index (χ0v) is 13.9. The maximum atomic E-state index is 12.5. The number of amides is 1. The van der Waals surface area contributed by atoms with Gasteiger partial charge in [0.2, 0.25) is 5.91 Å². The Morgan fingerprint density at radius 3 is 2.23 bits per heavy atom.